The second kappa shape index (κ2) is 14.6. The van der Waals surface area contributed by atoms with Gasteiger partial charge in [0.15, 0.2) is 11.5 Å². The van der Waals surface area contributed by atoms with Gasteiger partial charge in [0.25, 0.3) is 11.6 Å². The number of nitrogens with one attached hydrogen (secondary N) is 3. The maximum absolute atomic E-state index is 12.9. The Morgan fingerprint density at radius 1 is 1.05 bits per heavy atom. The number of amides is 2. The molecule has 216 valence electrons. The SMILES string of the molecule is COc1cc(/C=N\NC(=O)[C@H](Cc2cnc[nH]2)NC(=O)OCc2ccccc2)ccc1OCc1ccc([N+](=O)[O-])cc1. The van der Waals surface area contributed by atoms with E-state index >= 15 is 0 Å². The zero-order valence-electron chi connectivity index (χ0n) is 22.6. The van der Waals surface area contributed by atoms with Gasteiger partial charge in [-0.2, -0.15) is 5.10 Å². The second-order valence-electron chi connectivity index (χ2n) is 8.90. The normalized spacial score (nSPS) is 11.5. The number of carbonyl (C=O) groups excluding carboxylic acids is 2. The molecule has 1 aromatic heterocycles. The number of H-pyrrole nitrogens is 1. The number of hydrazone groups is 1. The third-order valence-corrected chi connectivity index (χ3v) is 5.92. The highest BCUT2D eigenvalue weighted by Crippen LogP contribution is 2.28. The molecule has 3 aromatic carbocycles. The summed E-state index contributed by atoms with van der Waals surface area (Å²) in [5, 5.41) is 17.4. The number of alkyl carbamates (subject to hydrolysis) is 1. The van der Waals surface area contributed by atoms with Crippen LogP contribution in [0.4, 0.5) is 10.5 Å². The van der Waals surface area contributed by atoms with Crippen LogP contribution in [0.15, 0.2) is 90.4 Å². The maximum atomic E-state index is 12.9. The zero-order chi connectivity index (χ0) is 29.7. The molecule has 0 aliphatic carbocycles. The second-order valence-corrected chi connectivity index (χ2v) is 8.90. The minimum atomic E-state index is -0.990. The highest BCUT2D eigenvalue weighted by Gasteiger charge is 2.22. The summed E-state index contributed by atoms with van der Waals surface area (Å²) in [6, 6.07) is 19.3. The first-order chi connectivity index (χ1) is 20.4. The van der Waals surface area contributed by atoms with Crippen LogP contribution in [-0.4, -0.2) is 46.3 Å². The van der Waals surface area contributed by atoms with Crippen LogP contribution >= 0.6 is 0 Å². The first kappa shape index (κ1) is 29.3. The zero-order valence-corrected chi connectivity index (χ0v) is 22.6. The number of imidazole rings is 1. The van der Waals surface area contributed by atoms with Crippen molar-refractivity contribution in [1.82, 2.24) is 20.7 Å². The topological polar surface area (TPSA) is 170 Å². The van der Waals surface area contributed by atoms with Gasteiger partial charge in [0.1, 0.15) is 19.3 Å². The third-order valence-electron chi connectivity index (χ3n) is 5.92. The summed E-state index contributed by atoms with van der Waals surface area (Å²) < 4.78 is 16.5. The summed E-state index contributed by atoms with van der Waals surface area (Å²) in [6.07, 6.45) is 3.83. The molecule has 3 N–H and O–H groups in total. The van der Waals surface area contributed by atoms with Crippen molar-refractivity contribution in [3.05, 3.63) is 118 Å². The van der Waals surface area contributed by atoms with Gasteiger partial charge < -0.3 is 24.5 Å². The van der Waals surface area contributed by atoms with Crippen molar-refractivity contribution < 1.29 is 28.7 Å². The molecule has 13 heteroatoms. The molecule has 0 aliphatic heterocycles. The summed E-state index contributed by atoms with van der Waals surface area (Å²) >= 11 is 0. The van der Waals surface area contributed by atoms with Crippen LogP contribution in [0, 0.1) is 10.1 Å². The van der Waals surface area contributed by atoms with E-state index < -0.39 is 23.0 Å². The Hall–Kier alpha value is -5.72. The molecule has 0 aliphatic rings. The van der Waals surface area contributed by atoms with Crippen molar-refractivity contribution in [3.8, 4) is 11.5 Å². The minimum absolute atomic E-state index is 0.00142. The minimum Gasteiger partial charge on any atom is -0.493 e. The van der Waals surface area contributed by atoms with Gasteiger partial charge in [-0.3, -0.25) is 14.9 Å². The molecule has 1 heterocycles. The van der Waals surface area contributed by atoms with Gasteiger partial charge in [0.2, 0.25) is 0 Å². The highest BCUT2D eigenvalue weighted by atomic mass is 16.6. The quantitative estimate of drug-likeness (QED) is 0.123. The largest absolute Gasteiger partial charge is 0.493 e. The first-order valence-corrected chi connectivity index (χ1v) is 12.7. The predicted octanol–water partition coefficient (Wildman–Crippen LogP) is 3.89. The van der Waals surface area contributed by atoms with Crippen LogP contribution in [-0.2, 0) is 29.2 Å². The lowest BCUT2D eigenvalue weighted by Crippen LogP contribution is -2.47. The van der Waals surface area contributed by atoms with Gasteiger partial charge in [-0.15, -0.1) is 0 Å². The number of benzene rings is 3. The van der Waals surface area contributed by atoms with E-state index in [-0.39, 0.29) is 25.3 Å². The van der Waals surface area contributed by atoms with E-state index in [9.17, 15) is 19.7 Å². The van der Waals surface area contributed by atoms with E-state index in [2.05, 4.69) is 25.8 Å². The Balaban J connectivity index is 1.34. The molecule has 0 spiro atoms. The van der Waals surface area contributed by atoms with E-state index in [1.54, 1.807) is 36.5 Å². The third kappa shape index (κ3) is 8.64. The van der Waals surface area contributed by atoms with Gasteiger partial charge in [-0.25, -0.2) is 15.2 Å². The molecule has 0 radical (unpaired) electrons. The summed E-state index contributed by atoms with van der Waals surface area (Å²) in [6.45, 7) is 0.231. The van der Waals surface area contributed by atoms with Gasteiger partial charge in [0.05, 0.1) is 24.6 Å². The Morgan fingerprint density at radius 2 is 1.81 bits per heavy atom. The van der Waals surface area contributed by atoms with Crippen LogP contribution in [0.3, 0.4) is 0 Å². The van der Waals surface area contributed by atoms with Gasteiger partial charge in [-0.1, -0.05) is 30.3 Å². The van der Waals surface area contributed by atoms with E-state index in [1.165, 1.54) is 31.8 Å². The fraction of sp³-hybridized carbons (Fsp3) is 0.172. The van der Waals surface area contributed by atoms with E-state index in [0.717, 1.165) is 11.1 Å². The molecule has 2 amide bonds. The lowest BCUT2D eigenvalue weighted by molar-refractivity contribution is -0.384. The van der Waals surface area contributed by atoms with Crippen LogP contribution in [0.1, 0.15) is 22.4 Å². The molecule has 1 atom stereocenters. The number of nitro groups is 1. The monoisotopic (exact) mass is 572 g/mol. The van der Waals surface area contributed by atoms with Crippen molar-refractivity contribution in [1.29, 1.82) is 0 Å². The number of hydrogen-bond acceptors (Lipinski definition) is 9. The molecule has 0 unspecified atom stereocenters. The smallest absolute Gasteiger partial charge is 0.408 e. The fourth-order valence-electron chi connectivity index (χ4n) is 3.74. The van der Waals surface area contributed by atoms with Crippen molar-refractivity contribution in [2.24, 2.45) is 5.10 Å². The predicted molar refractivity (Wildman–Crippen MR) is 152 cm³/mol. The lowest BCUT2D eigenvalue weighted by atomic mass is 10.1. The van der Waals surface area contributed by atoms with Crippen molar-refractivity contribution >= 4 is 23.9 Å². The molecule has 0 fully saturated rings. The average Bonchev–Trinajstić information content (AvgIpc) is 3.53. The standard InChI is InChI=1S/C29H28N6O7/c1-40-27-13-22(9-12-26(27)41-17-21-7-10-24(11-8-21)35(38)39)15-32-34-28(36)25(14-23-16-30-19-31-23)33-29(37)42-18-20-5-3-2-4-6-20/h2-13,15-16,19,25H,14,17-18H2,1H3,(H,30,31)(H,33,37)(H,34,36)/b32-15-/t25-/m0/s1. The van der Waals surface area contributed by atoms with Crippen LogP contribution in [0.25, 0.3) is 0 Å². The molecule has 42 heavy (non-hydrogen) atoms. The fourth-order valence-corrected chi connectivity index (χ4v) is 3.74. The van der Waals surface area contributed by atoms with Crippen LogP contribution < -0.4 is 20.2 Å². The van der Waals surface area contributed by atoms with Crippen LogP contribution in [0.2, 0.25) is 0 Å². The number of non-ortho nitro benzene ring substituents is 1. The number of methoxy groups -OCH3 is 1. The summed E-state index contributed by atoms with van der Waals surface area (Å²) in [4.78, 5) is 42.5. The molecule has 0 bridgehead atoms. The summed E-state index contributed by atoms with van der Waals surface area (Å²) in [5.41, 5.74) is 5.24. The van der Waals surface area contributed by atoms with Gasteiger partial charge in [0, 0.05) is 30.4 Å². The number of rotatable bonds is 13. The molecular weight excluding hydrogens is 544 g/mol. The molecule has 13 nitrogen and oxygen atoms in total. The van der Waals surface area contributed by atoms with Crippen molar-refractivity contribution in [2.45, 2.75) is 25.7 Å². The summed E-state index contributed by atoms with van der Waals surface area (Å²) in [7, 11) is 1.49. The van der Waals surface area contributed by atoms with Crippen LogP contribution in [0.5, 0.6) is 11.5 Å². The molecule has 4 aromatic rings. The molecule has 0 saturated heterocycles. The molecular formula is C29H28N6O7. The lowest BCUT2D eigenvalue weighted by Gasteiger charge is -2.16. The number of aromatic amines is 1. The van der Waals surface area contributed by atoms with Gasteiger partial charge >= 0.3 is 6.09 Å². The Labute approximate surface area is 240 Å². The Morgan fingerprint density at radius 3 is 2.50 bits per heavy atom. The Bertz CT molecular complexity index is 1510. The van der Waals surface area contributed by atoms with E-state index in [4.69, 9.17) is 14.2 Å². The van der Waals surface area contributed by atoms with Crippen molar-refractivity contribution in [2.75, 3.05) is 7.11 Å². The number of carbonyl (C=O) groups is 2. The molecule has 4 rings (SSSR count). The number of aromatic nitrogens is 2. The van der Waals surface area contributed by atoms with E-state index in [1.807, 2.05) is 30.3 Å². The first-order valence-electron chi connectivity index (χ1n) is 12.7. The number of nitrogens with zero attached hydrogens (tertiary/aromatic N) is 3. The average molecular weight is 573 g/mol. The Kier molecular flexibility index (Phi) is 10.2. The number of hydrogen-bond donors (Lipinski definition) is 3. The van der Waals surface area contributed by atoms with Crippen molar-refractivity contribution in [3.63, 3.8) is 0 Å². The number of nitro benzene ring substituents is 1. The van der Waals surface area contributed by atoms with E-state index in [0.29, 0.717) is 22.8 Å². The number of ether oxygens (including phenoxy) is 3. The molecule has 0 saturated carbocycles. The summed E-state index contributed by atoms with van der Waals surface area (Å²) in [5.74, 6) is 0.314. The maximum Gasteiger partial charge on any atom is 0.408 e. The van der Waals surface area contributed by atoms with Gasteiger partial charge in [-0.05, 0) is 47.0 Å². The highest BCUT2D eigenvalue weighted by molar-refractivity contribution is 5.87.